The van der Waals surface area contributed by atoms with Crippen LogP contribution in [-0.4, -0.2) is 0 Å². The molecule has 0 bridgehead atoms. The summed E-state index contributed by atoms with van der Waals surface area (Å²) in [4.78, 5) is 0. The van der Waals surface area contributed by atoms with Gasteiger partial charge in [0.1, 0.15) is 0 Å². The second-order valence-electron chi connectivity index (χ2n) is 15.3. The maximum absolute atomic E-state index is 2.44. The van der Waals surface area contributed by atoms with Gasteiger partial charge in [-0.05, 0) is 140 Å². The summed E-state index contributed by atoms with van der Waals surface area (Å²) in [5.41, 5.74) is 13.0. The Morgan fingerprint density at radius 1 is 0.283 bits per heavy atom. The van der Waals surface area contributed by atoms with E-state index >= 15 is 0 Å². The monoisotopic (exact) mass is 672 g/mol. The predicted molar refractivity (Wildman–Crippen MR) is 228 cm³/mol. The van der Waals surface area contributed by atoms with E-state index in [0.717, 1.165) is 0 Å². The first-order chi connectivity index (χ1) is 26.0. The van der Waals surface area contributed by atoms with E-state index in [2.05, 4.69) is 196 Å². The Morgan fingerprint density at radius 2 is 0.792 bits per heavy atom. The Bertz CT molecular complexity index is 3130. The van der Waals surface area contributed by atoms with E-state index < -0.39 is 0 Å². The van der Waals surface area contributed by atoms with Gasteiger partial charge < -0.3 is 0 Å². The molecule has 0 nitrogen and oxygen atoms in total. The first kappa shape index (κ1) is 30.2. The molecule has 0 aliphatic heterocycles. The summed E-state index contributed by atoms with van der Waals surface area (Å²) >= 11 is 0. The molecule has 53 heavy (non-hydrogen) atoms. The Balaban J connectivity index is 0.999. The van der Waals surface area contributed by atoms with Crippen LogP contribution in [0.25, 0.3) is 98.4 Å². The van der Waals surface area contributed by atoms with Gasteiger partial charge in [-0.25, -0.2) is 0 Å². The topological polar surface area (TPSA) is 0 Å². The van der Waals surface area contributed by atoms with Crippen molar-refractivity contribution in [2.75, 3.05) is 0 Å². The molecule has 1 aliphatic rings. The van der Waals surface area contributed by atoms with Crippen LogP contribution < -0.4 is 0 Å². The van der Waals surface area contributed by atoms with Crippen molar-refractivity contribution in [2.24, 2.45) is 0 Å². The lowest BCUT2D eigenvalue weighted by atomic mass is 9.80. The maximum Gasteiger partial charge on any atom is 0.0159 e. The van der Waals surface area contributed by atoms with E-state index in [-0.39, 0.29) is 5.41 Å². The van der Waals surface area contributed by atoms with Crippen molar-refractivity contribution in [3.63, 3.8) is 0 Å². The van der Waals surface area contributed by atoms with Crippen LogP contribution in [0.1, 0.15) is 25.0 Å². The van der Waals surface area contributed by atoms with Crippen molar-refractivity contribution in [1.29, 1.82) is 0 Å². The summed E-state index contributed by atoms with van der Waals surface area (Å²) in [5.74, 6) is 0. The fourth-order valence-electron chi connectivity index (χ4n) is 9.27. The second-order valence-corrected chi connectivity index (χ2v) is 15.3. The average Bonchev–Trinajstić information content (AvgIpc) is 3.44. The Kier molecular flexibility index (Phi) is 6.40. The molecular weight excluding hydrogens is 637 g/mol. The summed E-state index contributed by atoms with van der Waals surface area (Å²) in [6.07, 6.45) is 0. The molecule has 0 amide bonds. The minimum atomic E-state index is -0.117. The molecule has 0 spiro atoms. The number of rotatable bonds is 3. The van der Waals surface area contributed by atoms with Crippen molar-refractivity contribution in [1.82, 2.24) is 0 Å². The highest BCUT2D eigenvalue weighted by Gasteiger charge is 2.36. The molecule has 248 valence electrons. The minimum Gasteiger partial charge on any atom is -0.0616 e. The number of benzene rings is 10. The standard InChI is InChI=1S/C53H36/c1-53(2)50-31-37(24-26-46(50)47-27-25-39(32-51(47)53)43-17-9-12-34-10-3-5-13-42(34)43)36-21-18-33-19-22-38(29-41(33)28-36)49-30-40-23-20-35-11-4-6-14-44(35)52(40)48-16-8-7-15-45(48)49/h3-32H,1-2H3. The Labute approximate surface area is 309 Å². The van der Waals surface area contributed by atoms with Crippen LogP contribution >= 0.6 is 0 Å². The summed E-state index contributed by atoms with van der Waals surface area (Å²) in [6, 6.07) is 68.0. The average molecular weight is 673 g/mol. The van der Waals surface area contributed by atoms with Gasteiger partial charge in [-0.3, -0.25) is 0 Å². The van der Waals surface area contributed by atoms with Crippen LogP contribution in [0.4, 0.5) is 0 Å². The molecule has 11 rings (SSSR count). The molecule has 0 N–H and O–H groups in total. The molecule has 0 radical (unpaired) electrons. The molecule has 10 aromatic carbocycles. The lowest BCUT2D eigenvalue weighted by molar-refractivity contribution is 0.661. The SMILES string of the molecule is CC1(C)c2cc(-c3ccc4ccc(-c5cc6ccc7ccccc7c6c6ccccc56)cc4c3)ccc2-c2ccc(-c3cccc4ccccc34)cc21. The van der Waals surface area contributed by atoms with Gasteiger partial charge in [0.2, 0.25) is 0 Å². The van der Waals surface area contributed by atoms with Crippen LogP contribution in [0.2, 0.25) is 0 Å². The van der Waals surface area contributed by atoms with Gasteiger partial charge in [0.25, 0.3) is 0 Å². The summed E-state index contributed by atoms with van der Waals surface area (Å²) < 4.78 is 0. The third-order valence-electron chi connectivity index (χ3n) is 12.0. The fourth-order valence-corrected chi connectivity index (χ4v) is 9.27. The van der Waals surface area contributed by atoms with Gasteiger partial charge >= 0.3 is 0 Å². The Morgan fingerprint density at radius 3 is 1.58 bits per heavy atom. The predicted octanol–water partition coefficient (Wildman–Crippen LogP) is 14.8. The van der Waals surface area contributed by atoms with Crippen molar-refractivity contribution in [3.8, 4) is 44.5 Å². The highest BCUT2D eigenvalue weighted by atomic mass is 14.4. The largest absolute Gasteiger partial charge is 0.0616 e. The molecule has 1 aliphatic carbocycles. The molecule has 10 aromatic rings. The van der Waals surface area contributed by atoms with Gasteiger partial charge in [0.15, 0.2) is 0 Å². The smallest absolute Gasteiger partial charge is 0.0159 e. The van der Waals surface area contributed by atoms with Crippen LogP contribution in [0, 0.1) is 0 Å². The molecule has 0 saturated heterocycles. The van der Waals surface area contributed by atoms with Crippen molar-refractivity contribution < 1.29 is 0 Å². The molecule has 0 heteroatoms. The zero-order valence-corrected chi connectivity index (χ0v) is 29.8. The van der Waals surface area contributed by atoms with Gasteiger partial charge in [0, 0.05) is 5.41 Å². The summed E-state index contributed by atoms with van der Waals surface area (Å²) in [6.45, 7) is 4.77. The molecule has 0 saturated carbocycles. The van der Waals surface area contributed by atoms with Crippen LogP contribution in [0.3, 0.4) is 0 Å². The molecule has 0 unspecified atom stereocenters. The molecular formula is C53H36. The van der Waals surface area contributed by atoms with E-state index in [9.17, 15) is 0 Å². The van der Waals surface area contributed by atoms with Crippen molar-refractivity contribution >= 4 is 53.9 Å². The van der Waals surface area contributed by atoms with E-state index in [1.807, 2.05) is 0 Å². The quantitative estimate of drug-likeness (QED) is 0.164. The lowest BCUT2D eigenvalue weighted by Crippen LogP contribution is -2.15. The third-order valence-corrected chi connectivity index (χ3v) is 12.0. The summed E-state index contributed by atoms with van der Waals surface area (Å²) in [5, 5.41) is 12.9. The van der Waals surface area contributed by atoms with Crippen LogP contribution in [0.15, 0.2) is 182 Å². The van der Waals surface area contributed by atoms with Crippen molar-refractivity contribution in [3.05, 3.63) is 193 Å². The zero-order valence-electron chi connectivity index (χ0n) is 29.8. The molecule has 0 heterocycles. The van der Waals surface area contributed by atoms with Crippen molar-refractivity contribution in [2.45, 2.75) is 19.3 Å². The maximum atomic E-state index is 2.44. The third kappa shape index (κ3) is 4.55. The number of hydrogen-bond donors (Lipinski definition) is 0. The second kappa shape index (κ2) is 11.2. The van der Waals surface area contributed by atoms with Crippen LogP contribution in [-0.2, 0) is 5.41 Å². The first-order valence-electron chi connectivity index (χ1n) is 18.7. The first-order valence-corrected chi connectivity index (χ1v) is 18.7. The number of fused-ring (bicyclic) bond motifs is 10. The highest BCUT2D eigenvalue weighted by molar-refractivity contribution is 6.23. The van der Waals surface area contributed by atoms with Gasteiger partial charge in [-0.15, -0.1) is 0 Å². The summed E-state index contributed by atoms with van der Waals surface area (Å²) in [7, 11) is 0. The van der Waals surface area contributed by atoms with E-state index in [1.54, 1.807) is 0 Å². The van der Waals surface area contributed by atoms with E-state index in [1.165, 1.54) is 109 Å². The lowest BCUT2D eigenvalue weighted by Gasteiger charge is -2.23. The Hall–Kier alpha value is -6.50. The highest BCUT2D eigenvalue weighted by Crippen LogP contribution is 2.51. The van der Waals surface area contributed by atoms with E-state index in [0.29, 0.717) is 0 Å². The van der Waals surface area contributed by atoms with Gasteiger partial charge in [0.05, 0.1) is 0 Å². The van der Waals surface area contributed by atoms with Gasteiger partial charge in [-0.1, -0.05) is 166 Å². The van der Waals surface area contributed by atoms with Crippen LogP contribution in [0.5, 0.6) is 0 Å². The number of hydrogen-bond acceptors (Lipinski definition) is 0. The molecule has 0 fully saturated rings. The fraction of sp³-hybridized carbons (Fsp3) is 0.0566. The zero-order chi connectivity index (χ0) is 35.3. The molecule has 0 atom stereocenters. The normalized spacial score (nSPS) is 13.2. The minimum absolute atomic E-state index is 0.117. The molecule has 0 aromatic heterocycles. The van der Waals surface area contributed by atoms with Gasteiger partial charge in [-0.2, -0.15) is 0 Å². The van der Waals surface area contributed by atoms with E-state index in [4.69, 9.17) is 0 Å².